The molecule has 1 aliphatic rings. The van der Waals surface area contributed by atoms with Gasteiger partial charge in [0.05, 0.1) is 16.4 Å². The minimum Gasteiger partial charge on any atom is -0.395 e. The maximum Gasteiger partial charge on any atom is 0.304 e. The van der Waals surface area contributed by atoms with E-state index in [2.05, 4.69) is 0 Å². The van der Waals surface area contributed by atoms with E-state index in [0.29, 0.717) is 18.9 Å². The van der Waals surface area contributed by atoms with E-state index in [-0.39, 0.29) is 24.1 Å². The molecule has 0 radical (unpaired) electrons. The molecule has 1 N–H and O–H groups in total. The van der Waals surface area contributed by atoms with Crippen LogP contribution < -0.4 is 0 Å². The van der Waals surface area contributed by atoms with E-state index in [1.165, 1.54) is 0 Å². The molecular formula is C11H13FN2O5S. The first-order valence-corrected chi connectivity index (χ1v) is 7.38. The van der Waals surface area contributed by atoms with Crippen LogP contribution in [0.1, 0.15) is 12.8 Å². The van der Waals surface area contributed by atoms with Gasteiger partial charge in [0.15, 0.2) is 0 Å². The molecule has 0 atom stereocenters. The van der Waals surface area contributed by atoms with Crippen LogP contribution in [0.5, 0.6) is 0 Å². The molecule has 0 aliphatic heterocycles. The minimum atomic E-state index is -3.95. The van der Waals surface area contributed by atoms with Crippen molar-refractivity contribution >= 4 is 15.7 Å². The second-order valence-electron chi connectivity index (χ2n) is 4.44. The van der Waals surface area contributed by atoms with Gasteiger partial charge in [0.1, 0.15) is 0 Å². The number of nitro groups is 1. The zero-order chi connectivity index (χ0) is 14.9. The molecule has 1 aliphatic carbocycles. The van der Waals surface area contributed by atoms with E-state index in [9.17, 15) is 22.9 Å². The van der Waals surface area contributed by atoms with E-state index < -0.39 is 26.5 Å². The third-order valence-electron chi connectivity index (χ3n) is 3.00. The Balaban J connectivity index is 2.38. The molecule has 0 unspecified atom stereocenters. The third-order valence-corrected chi connectivity index (χ3v) is 4.94. The number of halogens is 1. The zero-order valence-corrected chi connectivity index (χ0v) is 11.2. The molecule has 0 amide bonds. The van der Waals surface area contributed by atoms with Crippen molar-refractivity contribution in [1.29, 1.82) is 0 Å². The first-order valence-electron chi connectivity index (χ1n) is 5.94. The fourth-order valence-electron chi connectivity index (χ4n) is 1.89. The predicted octanol–water partition coefficient (Wildman–Crippen LogP) is 0.879. The van der Waals surface area contributed by atoms with Gasteiger partial charge in [-0.1, -0.05) is 0 Å². The average Bonchev–Trinajstić information content (AvgIpc) is 3.19. The van der Waals surface area contributed by atoms with Crippen molar-refractivity contribution in [1.82, 2.24) is 4.31 Å². The number of sulfonamides is 1. The molecule has 110 valence electrons. The molecule has 0 saturated heterocycles. The van der Waals surface area contributed by atoms with E-state index in [1.807, 2.05) is 0 Å². The zero-order valence-electron chi connectivity index (χ0n) is 10.4. The molecule has 1 fully saturated rings. The first-order chi connectivity index (χ1) is 9.37. The topological polar surface area (TPSA) is 101 Å². The van der Waals surface area contributed by atoms with Crippen LogP contribution in [0.2, 0.25) is 0 Å². The van der Waals surface area contributed by atoms with Crippen molar-refractivity contribution in [2.24, 2.45) is 0 Å². The number of hydrogen-bond donors (Lipinski definition) is 1. The van der Waals surface area contributed by atoms with Crippen LogP contribution in [-0.2, 0) is 10.0 Å². The van der Waals surface area contributed by atoms with Gasteiger partial charge in [-0.3, -0.25) is 10.1 Å². The van der Waals surface area contributed by atoms with Crippen LogP contribution in [0.25, 0.3) is 0 Å². The number of benzene rings is 1. The van der Waals surface area contributed by atoms with Crippen LogP contribution in [0.4, 0.5) is 10.1 Å². The standard InChI is InChI=1S/C11H13FN2O5S/c12-10-7-9(3-4-11(10)14(16)17)20(18,19)13(5-6-15)8-1-2-8/h3-4,7-8,15H,1-2,5-6H2. The van der Waals surface area contributed by atoms with Crippen LogP contribution in [0.15, 0.2) is 23.1 Å². The Kier molecular flexibility index (Phi) is 4.02. The van der Waals surface area contributed by atoms with E-state index in [4.69, 9.17) is 5.11 Å². The van der Waals surface area contributed by atoms with Gasteiger partial charge in [0.2, 0.25) is 15.8 Å². The Morgan fingerprint density at radius 2 is 2.10 bits per heavy atom. The lowest BCUT2D eigenvalue weighted by Crippen LogP contribution is -2.35. The SMILES string of the molecule is O=[N+]([O-])c1ccc(S(=O)(=O)N(CCO)C2CC2)cc1F. The van der Waals surface area contributed by atoms with Crippen molar-refractivity contribution in [2.75, 3.05) is 13.2 Å². The molecule has 20 heavy (non-hydrogen) atoms. The number of nitrogens with zero attached hydrogens (tertiary/aromatic N) is 2. The summed E-state index contributed by atoms with van der Waals surface area (Å²) in [4.78, 5) is 9.25. The highest BCUT2D eigenvalue weighted by molar-refractivity contribution is 7.89. The molecule has 1 aromatic carbocycles. The highest BCUT2D eigenvalue weighted by atomic mass is 32.2. The van der Waals surface area contributed by atoms with Crippen molar-refractivity contribution in [3.8, 4) is 0 Å². The molecule has 0 aromatic heterocycles. The summed E-state index contributed by atoms with van der Waals surface area (Å²) >= 11 is 0. The Morgan fingerprint density at radius 3 is 2.55 bits per heavy atom. The Hall–Kier alpha value is -1.58. The molecule has 2 rings (SSSR count). The summed E-state index contributed by atoms with van der Waals surface area (Å²) in [6.45, 7) is -0.420. The smallest absolute Gasteiger partial charge is 0.304 e. The van der Waals surface area contributed by atoms with Gasteiger partial charge in [0, 0.05) is 24.7 Å². The average molecular weight is 304 g/mol. The van der Waals surface area contributed by atoms with Crippen molar-refractivity contribution in [3.05, 3.63) is 34.1 Å². The van der Waals surface area contributed by atoms with Crippen molar-refractivity contribution in [2.45, 2.75) is 23.8 Å². The summed E-state index contributed by atoms with van der Waals surface area (Å²) < 4.78 is 39.3. The molecule has 0 heterocycles. The van der Waals surface area contributed by atoms with Gasteiger partial charge in [-0.05, 0) is 18.9 Å². The third kappa shape index (κ3) is 2.79. The Morgan fingerprint density at radius 1 is 1.45 bits per heavy atom. The van der Waals surface area contributed by atoms with E-state index in [1.54, 1.807) is 0 Å². The van der Waals surface area contributed by atoms with Gasteiger partial charge in [-0.15, -0.1) is 0 Å². The van der Waals surface area contributed by atoms with Gasteiger partial charge in [-0.25, -0.2) is 8.42 Å². The van der Waals surface area contributed by atoms with Gasteiger partial charge in [0.25, 0.3) is 0 Å². The van der Waals surface area contributed by atoms with Crippen LogP contribution in [-0.4, -0.2) is 41.9 Å². The lowest BCUT2D eigenvalue weighted by molar-refractivity contribution is -0.387. The first kappa shape index (κ1) is 14.8. The second kappa shape index (κ2) is 5.43. The Bertz CT molecular complexity index is 630. The van der Waals surface area contributed by atoms with E-state index in [0.717, 1.165) is 16.4 Å². The normalized spacial score (nSPS) is 15.6. The number of hydrogen-bond acceptors (Lipinski definition) is 5. The van der Waals surface area contributed by atoms with Gasteiger partial charge < -0.3 is 5.11 Å². The summed E-state index contributed by atoms with van der Waals surface area (Å²) in [5.41, 5.74) is -0.774. The number of aliphatic hydroxyl groups is 1. The highest BCUT2D eigenvalue weighted by Crippen LogP contribution is 2.32. The van der Waals surface area contributed by atoms with Crippen molar-refractivity contribution in [3.63, 3.8) is 0 Å². The number of aliphatic hydroxyl groups excluding tert-OH is 1. The van der Waals surface area contributed by atoms with Gasteiger partial charge in [-0.2, -0.15) is 8.70 Å². The minimum absolute atomic E-state index is 0.0778. The summed E-state index contributed by atoms with van der Waals surface area (Å²) in [6.07, 6.45) is 1.38. The van der Waals surface area contributed by atoms with Crippen LogP contribution in [0.3, 0.4) is 0 Å². The Labute approximate surface area is 114 Å². The maximum absolute atomic E-state index is 13.5. The fraction of sp³-hybridized carbons (Fsp3) is 0.455. The lowest BCUT2D eigenvalue weighted by Gasteiger charge is -2.20. The monoisotopic (exact) mass is 304 g/mol. The second-order valence-corrected chi connectivity index (χ2v) is 6.33. The largest absolute Gasteiger partial charge is 0.395 e. The number of nitro benzene ring substituents is 1. The fourth-order valence-corrected chi connectivity index (χ4v) is 3.58. The predicted molar refractivity (Wildman–Crippen MR) is 67.1 cm³/mol. The molecule has 0 bridgehead atoms. The number of rotatable bonds is 6. The molecule has 1 saturated carbocycles. The van der Waals surface area contributed by atoms with Gasteiger partial charge >= 0.3 is 5.69 Å². The van der Waals surface area contributed by atoms with Crippen LogP contribution >= 0.6 is 0 Å². The maximum atomic E-state index is 13.5. The molecular weight excluding hydrogens is 291 g/mol. The molecule has 9 heteroatoms. The quantitative estimate of drug-likeness (QED) is 0.621. The molecule has 0 spiro atoms. The molecule has 7 nitrogen and oxygen atoms in total. The highest BCUT2D eigenvalue weighted by Gasteiger charge is 2.38. The van der Waals surface area contributed by atoms with Crippen LogP contribution in [0, 0.1) is 15.9 Å². The summed E-state index contributed by atoms with van der Waals surface area (Å²) in [7, 11) is -3.95. The lowest BCUT2D eigenvalue weighted by atomic mass is 10.3. The summed E-state index contributed by atoms with van der Waals surface area (Å²) in [5.74, 6) is -1.20. The molecule has 1 aromatic rings. The van der Waals surface area contributed by atoms with E-state index >= 15 is 0 Å². The summed E-state index contributed by atoms with van der Waals surface area (Å²) in [5, 5.41) is 19.4. The van der Waals surface area contributed by atoms with Crippen molar-refractivity contribution < 1.29 is 22.8 Å². The summed E-state index contributed by atoms with van der Waals surface area (Å²) in [6, 6.07) is 2.28.